The number of rotatable bonds is 3. The molecule has 0 saturated carbocycles. The Hall–Kier alpha value is -2.43. The smallest absolute Gasteiger partial charge is 0.278 e. The Balaban J connectivity index is 2.33. The summed E-state index contributed by atoms with van der Waals surface area (Å²) in [5, 5.41) is 4.07. The van der Waals surface area contributed by atoms with Crippen LogP contribution in [-0.4, -0.2) is 28.6 Å². The van der Waals surface area contributed by atoms with E-state index in [2.05, 4.69) is 5.10 Å². The molecule has 0 aliphatic carbocycles. The van der Waals surface area contributed by atoms with Crippen LogP contribution in [0, 0.1) is 6.92 Å². The molecule has 1 aromatic heterocycles. The van der Waals surface area contributed by atoms with Crippen LogP contribution in [0.15, 0.2) is 30.5 Å². The molecule has 0 amide bonds. The van der Waals surface area contributed by atoms with Crippen molar-refractivity contribution in [1.82, 2.24) is 9.78 Å². The van der Waals surface area contributed by atoms with Crippen molar-refractivity contribution in [3.63, 3.8) is 0 Å². The van der Waals surface area contributed by atoms with Crippen LogP contribution >= 0.6 is 0 Å². The van der Waals surface area contributed by atoms with Crippen molar-refractivity contribution in [2.45, 2.75) is 13.8 Å². The molecule has 2 aromatic rings. The van der Waals surface area contributed by atoms with Crippen LogP contribution < -0.4 is 4.74 Å². The molecule has 0 fully saturated rings. The van der Waals surface area contributed by atoms with Crippen molar-refractivity contribution >= 4 is 11.7 Å². The number of aryl methyl sites for hydroxylation is 1. The van der Waals surface area contributed by atoms with Crippen molar-refractivity contribution in [1.29, 1.82) is 0 Å². The number of ketones is 1. The molecule has 1 heterocycles. The van der Waals surface area contributed by atoms with Gasteiger partial charge in [-0.3, -0.25) is 9.59 Å². The first-order valence-electron chi connectivity index (χ1n) is 5.79. The Morgan fingerprint density at radius 2 is 1.84 bits per heavy atom. The molecular formula is C14H14N2O3. The zero-order valence-electron chi connectivity index (χ0n) is 11.0. The van der Waals surface area contributed by atoms with E-state index >= 15 is 0 Å². The topological polar surface area (TPSA) is 61.2 Å². The predicted molar refractivity (Wildman–Crippen MR) is 69.7 cm³/mol. The van der Waals surface area contributed by atoms with Gasteiger partial charge in [-0.1, -0.05) is 0 Å². The minimum atomic E-state index is -0.279. The van der Waals surface area contributed by atoms with Crippen molar-refractivity contribution < 1.29 is 14.3 Å². The molecule has 5 nitrogen and oxygen atoms in total. The number of hydrogen-bond donors (Lipinski definition) is 0. The van der Waals surface area contributed by atoms with E-state index in [1.165, 1.54) is 17.8 Å². The van der Waals surface area contributed by atoms with Gasteiger partial charge in [0.1, 0.15) is 5.75 Å². The van der Waals surface area contributed by atoms with E-state index in [0.29, 0.717) is 22.6 Å². The van der Waals surface area contributed by atoms with Gasteiger partial charge < -0.3 is 4.74 Å². The summed E-state index contributed by atoms with van der Waals surface area (Å²) in [7, 11) is 1.56. The minimum absolute atomic E-state index is 0.105. The second-order valence-electron chi connectivity index (χ2n) is 4.16. The van der Waals surface area contributed by atoms with Crippen molar-refractivity contribution in [3.8, 4) is 5.75 Å². The van der Waals surface area contributed by atoms with Gasteiger partial charge in [-0.2, -0.15) is 5.10 Å². The lowest BCUT2D eigenvalue weighted by atomic mass is 10.2. The van der Waals surface area contributed by atoms with Gasteiger partial charge in [-0.25, -0.2) is 4.68 Å². The van der Waals surface area contributed by atoms with Gasteiger partial charge in [-0.05, 0) is 38.1 Å². The van der Waals surface area contributed by atoms with E-state index in [4.69, 9.17) is 4.74 Å². The Labute approximate surface area is 110 Å². The van der Waals surface area contributed by atoms with E-state index < -0.39 is 0 Å². The van der Waals surface area contributed by atoms with E-state index in [1.807, 2.05) is 0 Å². The molecule has 1 aromatic carbocycles. The number of hydrogen-bond acceptors (Lipinski definition) is 4. The average molecular weight is 258 g/mol. The molecule has 2 rings (SSSR count). The van der Waals surface area contributed by atoms with Crippen LogP contribution in [0.2, 0.25) is 0 Å². The fourth-order valence-corrected chi connectivity index (χ4v) is 1.78. The zero-order valence-corrected chi connectivity index (χ0v) is 11.0. The van der Waals surface area contributed by atoms with E-state index in [-0.39, 0.29) is 11.7 Å². The highest BCUT2D eigenvalue weighted by Crippen LogP contribution is 2.13. The lowest BCUT2D eigenvalue weighted by molar-refractivity contribution is 0.0944. The second kappa shape index (κ2) is 5.06. The second-order valence-corrected chi connectivity index (χ2v) is 4.16. The molecule has 0 bridgehead atoms. The zero-order chi connectivity index (χ0) is 14.0. The maximum atomic E-state index is 12.2. The first-order chi connectivity index (χ1) is 9.02. The van der Waals surface area contributed by atoms with Crippen LogP contribution in [0.4, 0.5) is 0 Å². The van der Waals surface area contributed by atoms with Crippen molar-refractivity contribution in [2.75, 3.05) is 7.11 Å². The van der Waals surface area contributed by atoms with Crippen LogP contribution in [0.1, 0.15) is 33.3 Å². The standard InChI is InChI=1S/C14H14N2O3/c1-9-13(10(2)17)8-16(15-9)14(18)11-4-6-12(19-3)7-5-11/h4-8H,1-3H3. The molecule has 0 unspecified atom stereocenters. The monoisotopic (exact) mass is 258 g/mol. The number of carbonyl (C=O) groups is 2. The summed E-state index contributed by atoms with van der Waals surface area (Å²) in [6.45, 7) is 3.15. The SMILES string of the molecule is COc1ccc(C(=O)n2cc(C(C)=O)c(C)n2)cc1. The average Bonchev–Trinajstić information content (AvgIpc) is 2.80. The molecule has 0 atom stereocenters. The normalized spacial score (nSPS) is 10.3. The molecule has 0 aliphatic rings. The molecule has 98 valence electrons. The number of benzene rings is 1. The summed E-state index contributed by atoms with van der Waals surface area (Å²) in [5.41, 5.74) is 1.50. The molecule has 0 spiro atoms. The highest BCUT2D eigenvalue weighted by molar-refractivity contribution is 5.99. The lowest BCUT2D eigenvalue weighted by Crippen LogP contribution is -2.12. The van der Waals surface area contributed by atoms with Gasteiger partial charge in [0.15, 0.2) is 5.78 Å². The molecule has 0 N–H and O–H groups in total. The summed E-state index contributed by atoms with van der Waals surface area (Å²) in [6.07, 6.45) is 1.46. The molecule has 19 heavy (non-hydrogen) atoms. The fraction of sp³-hybridized carbons (Fsp3) is 0.214. The van der Waals surface area contributed by atoms with Crippen LogP contribution in [0.5, 0.6) is 5.75 Å². The Kier molecular flexibility index (Phi) is 3.46. The highest BCUT2D eigenvalue weighted by atomic mass is 16.5. The number of ether oxygens (including phenoxy) is 1. The number of Topliss-reactive ketones (excluding diaryl/α,β-unsaturated/α-hetero) is 1. The van der Waals surface area contributed by atoms with Crippen LogP contribution in [-0.2, 0) is 0 Å². The predicted octanol–water partition coefficient (Wildman–Crippen LogP) is 2.09. The first-order valence-corrected chi connectivity index (χ1v) is 5.79. The lowest BCUT2D eigenvalue weighted by Gasteiger charge is -2.02. The Bertz CT molecular complexity index is 627. The Morgan fingerprint density at radius 1 is 1.21 bits per heavy atom. The fourth-order valence-electron chi connectivity index (χ4n) is 1.78. The summed E-state index contributed by atoms with van der Waals surface area (Å²) < 4.78 is 6.22. The largest absolute Gasteiger partial charge is 0.497 e. The van der Waals surface area contributed by atoms with Gasteiger partial charge in [-0.15, -0.1) is 0 Å². The number of nitrogens with zero attached hydrogens (tertiary/aromatic N) is 2. The third-order valence-corrected chi connectivity index (χ3v) is 2.82. The van der Waals surface area contributed by atoms with Crippen LogP contribution in [0.25, 0.3) is 0 Å². The van der Waals surface area contributed by atoms with Gasteiger partial charge in [0, 0.05) is 11.8 Å². The molecule has 0 radical (unpaired) electrons. The number of aromatic nitrogens is 2. The first kappa shape index (κ1) is 13.0. The number of carbonyl (C=O) groups excluding carboxylic acids is 2. The summed E-state index contributed by atoms with van der Waals surface area (Å²) in [4.78, 5) is 23.5. The maximum Gasteiger partial charge on any atom is 0.278 e. The van der Waals surface area contributed by atoms with E-state index in [1.54, 1.807) is 38.3 Å². The molecule has 0 saturated heterocycles. The molecule has 5 heteroatoms. The third kappa shape index (κ3) is 2.54. The van der Waals surface area contributed by atoms with E-state index in [9.17, 15) is 9.59 Å². The maximum absolute atomic E-state index is 12.2. The van der Waals surface area contributed by atoms with Gasteiger partial charge in [0.05, 0.1) is 18.4 Å². The third-order valence-electron chi connectivity index (χ3n) is 2.82. The summed E-state index contributed by atoms with van der Waals surface area (Å²) >= 11 is 0. The molecular weight excluding hydrogens is 244 g/mol. The summed E-state index contributed by atoms with van der Waals surface area (Å²) in [6, 6.07) is 6.72. The summed E-state index contributed by atoms with van der Waals surface area (Å²) in [5.74, 6) is 0.294. The van der Waals surface area contributed by atoms with Gasteiger partial charge >= 0.3 is 0 Å². The quantitative estimate of drug-likeness (QED) is 0.791. The van der Waals surface area contributed by atoms with Gasteiger partial charge in [0.25, 0.3) is 5.91 Å². The van der Waals surface area contributed by atoms with Crippen molar-refractivity contribution in [3.05, 3.63) is 47.3 Å². The number of methoxy groups -OCH3 is 1. The van der Waals surface area contributed by atoms with E-state index in [0.717, 1.165) is 0 Å². The Morgan fingerprint density at radius 3 is 2.32 bits per heavy atom. The van der Waals surface area contributed by atoms with Crippen molar-refractivity contribution in [2.24, 2.45) is 0 Å². The minimum Gasteiger partial charge on any atom is -0.497 e. The van der Waals surface area contributed by atoms with Crippen LogP contribution in [0.3, 0.4) is 0 Å². The van der Waals surface area contributed by atoms with Gasteiger partial charge in [0.2, 0.25) is 0 Å². The molecule has 0 aliphatic heterocycles. The highest BCUT2D eigenvalue weighted by Gasteiger charge is 2.15.